The molecule has 0 radical (unpaired) electrons. The molecule has 0 amide bonds. The highest BCUT2D eigenvalue weighted by Crippen LogP contribution is 1.97. The molecule has 0 aromatic carbocycles. The summed E-state index contributed by atoms with van der Waals surface area (Å²) in [4.78, 5) is 10.3. The molecule has 0 spiro atoms. The van der Waals surface area contributed by atoms with E-state index in [-0.39, 0.29) is 0 Å². The molecule has 4 heteroatoms. The van der Waals surface area contributed by atoms with E-state index >= 15 is 0 Å². The van der Waals surface area contributed by atoms with E-state index in [4.69, 9.17) is 0 Å². The fraction of sp³-hybridized carbons (Fsp3) is 1.00. The van der Waals surface area contributed by atoms with Gasteiger partial charge in [0.15, 0.2) is 0 Å². The van der Waals surface area contributed by atoms with E-state index in [1.807, 2.05) is 0 Å². The largest absolute Gasteiger partial charge is 0.303 e. The molecule has 0 aliphatic rings. The number of rotatable bonds is 15. The number of hydrogen-bond acceptors (Lipinski definition) is 4. The third-order valence-electron chi connectivity index (χ3n) is 4.88. The molecule has 4 nitrogen and oxygen atoms in total. The van der Waals surface area contributed by atoms with Crippen molar-refractivity contribution in [3.05, 3.63) is 0 Å². The van der Waals surface area contributed by atoms with Gasteiger partial charge in [-0.1, -0.05) is 41.5 Å². The van der Waals surface area contributed by atoms with Gasteiger partial charge in [-0.2, -0.15) is 0 Å². The van der Waals surface area contributed by atoms with Gasteiger partial charge in [-0.25, -0.2) is 0 Å². The van der Waals surface area contributed by atoms with Crippen molar-refractivity contribution in [1.82, 2.24) is 19.6 Å². The highest BCUT2D eigenvalue weighted by Gasteiger charge is 2.10. The minimum absolute atomic E-state index is 1.16. The number of likely N-dealkylation sites (N-methyl/N-ethyl adjacent to an activating group) is 3. The number of nitrogens with zero attached hydrogens (tertiary/aromatic N) is 4. The first kappa shape index (κ1) is 21.8. The molecule has 0 saturated heterocycles. The van der Waals surface area contributed by atoms with E-state index in [1.165, 1.54) is 39.3 Å². The summed E-state index contributed by atoms with van der Waals surface area (Å²) in [5.41, 5.74) is 0. The predicted molar refractivity (Wildman–Crippen MR) is 99.8 cm³/mol. The summed E-state index contributed by atoms with van der Waals surface area (Å²) in [5.74, 6) is 0. The van der Waals surface area contributed by atoms with Crippen molar-refractivity contribution in [3.8, 4) is 0 Å². The van der Waals surface area contributed by atoms with Gasteiger partial charge in [0.05, 0.1) is 0 Å². The van der Waals surface area contributed by atoms with Crippen molar-refractivity contribution in [1.29, 1.82) is 0 Å². The predicted octanol–water partition coefficient (Wildman–Crippen LogP) is 2.31. The Kier molecular flexibility index (Phi) is 14.3. The van der Waals surface area contributed by atoms with Crippen molar-refractivity contribution in [2.45, 2.75) is 41.5 Å². The third kappa shape index (κ3) is 9.78. The molecule has 0 bridgehead atoms. The molecule has 0 atom stereocenters. The van der Waals surface area contributed by atoms with E-state index in [0.29, 0.717) is 0 Å². The zero-order valence-electron chi connectivity index (χ0n) is 16.3. The molecule has 0 aromatic heterocycles. The van der Waals surface area contributed by atoms with E-state index < -0.39 is 0 Å². The second-order valence-corrected chi connectivity index (χ2v) is 5.92. The first-order valence-corrected chi connectivity index (χ1v) is 9.54. The topological polar surface area (TPSA) is 13.0 Å². The van der Waals surface area contributed by atoms with Crippen LogP contribution in [0.15, 0.2) is 0 Å². The Morgan fingerprint density at radius 3 is 0.682 bits per heavy atom. The van der Waals surface area contributed by atoms with Crippen LogP contribution in [0, 0.1) is 0 Å². The van der Waals surface area contributed by atoms with Gasteiger partial charge < -0.3 is 14.7 Å². The Morgan fingerprint density at radius 2 is 0.500 bits per heavy atom. The minimum Gasteiger partial charge on any atom is -0.303 e. The van der Waals surface area contributed by atoms with Crippen LogP contribution >= 0.6 is 0 Å². The van der Waals surface area contributed by atoms with Crippen LogP contribution < -0.4 is 0 Å². The van der Waals surface area contributed by atoms with Crippen molar-refractivity contribution in [3.63, 3.8) is 0 Å². The number of hydrogen-bond donors (Lipinski definition) is 0. The molecule has 0 N–H and O–H groups in total. The first-order valence-electron chi connectivity index (χ1n) is 9.54. The quantitative estimate of drug-likeness (QED) is 0.460. The lowest BCUT2D eigenvalue weighted by Gasteiger charge is -2.30. The standard InChI is InChI=1S/C18H42N4/c1-7-19(8-2)13-16-22(17-14-20(9-3)10-4)18-15-21(11-5)12-6/h7-18H2,1-6H3. The third-order valence-corrected chi connectivity index (χ3v) is 4.88. The molecule has 0 aliphatic heterocycles. The van der Waals surface area contributed by atoms with Crippen LogP contribution in [0.1, 0.15) is 41.5 Å². The summed E-state index contributed by atoms with van der Waals surface area (Å²) >= 11 is 0. The highest BCUT2D eigenvalue weighted by molar-refractivity contribution is 4.67. The van der Waals surface area contributed by atoms with Crippen LogP contribution in [0.3, 0.4) is 0 Å². The van der Waals surface area contributed by atoms with Crippen molar-refractivity contribution in [2.24, 2.45) is 0 Å². The normalized spacial score (nSPS) is 12.3. The van der Waals surface area contributed by atoms with E-state index in [2.05, 4.69) is 61.1 Å². The monoisotopic (exact) mass is 314 g/mol. The van der Waals surface area contributed by atoms with Crippen molar-refractivity contribution >= 4 is 0 Å². The zero-order chi connectivity index (χ0) is 16.8. The van der Waals surface area contributed by atoms with Crippen molar-refractivity contribution < 1.29 is 0 Å². The fourth-order valence-electron chi connectivity index (χ4n) is 2.80. The van der Waals surface area contributed by atoms with Gasteiger partial charge in [-0.3, -0.25) is 4.90 Å². The maximum Gasteiger partial charge on any atom is 0.0110 e. The Hall–Kier alpha value is -0.160. The van der Waals surface area contributed by atoms with Crippen LogP contribution in [-0.4, -0.2) is 98.1 Å². The second-order valence-electron chi connectivity index (χ2n) is 5.92. The molecular weight excluding hydrogens is 272 g/mol. The van der Waals surface area contributed by atoms with Gasteiger partial charge in [0, 0.05) is 39.3 Å². The summed E-state index contributed by atoms with van der Waals surface area (Å²) in [7, 11) is 0. The molecule has 0 saturated carbocycles. The Labute approximate surface area is 140 Å². The summed E-state index contributed by atoms with van der Waals surface area (Å²) in [6.07, 6.45) is 0. The lowest BCUT2D eigenvalue weighted by molar-refractivity contribution is 0.165. The summed E-state index contributed by atoms with van der Waals surface area (Å²) in [6, 6.07) is 0. The molecule has 0 aromatic rings. The van der Waals surface area contributed by atoms with E-state index in [9.17, 15) is 0 Å². The van der Waals surface area contributed by atoms with Crippen molar-refractivity contribution in [2.75, 3.05) is 78.5 Å². The van der Waals surface area contributed by atoms with Crippen LogP contribution in [0.25, 0.3) is 0 Å². The SMILES string of the molecule is CCN(CC)CCN(CCN(CC)CC)CCN(CC)CC. The molecule has 0 heterocycles. The average Bonchev–Trinajstić information content (AvgIpc) is 2.56. The Bertz CT molecular complexity index is 185. The van der Waals surface area contributed by atoms with E-state index in [0.717, 1.165) is 39.3 Å². The zero-order valence-corrected chi connectivity index (χ0v) is 16.3. The lowest BCUT2D eigenvalue weighted by atomic mass is 10.3. The summed E-state index contributed by atoms with van der Waals surface area (Å²) in [6.45, 7) is 27.7. The van der Waals surface area contributed by atoms with Gasteiger partial charge in [0.1, 0.15) is 0 Å². The molecule has 0 rings (SSSR count). The molecule has 22 heavy (non-hydrogen) atoms. The molecule has 0 fully saturated rings. The van der Waals surface area contributed by atoms with Gasteiger partial charge in [0.2, 0.25) is 0 Å². The Balaban J connectivity index is 4.34. The minimum atomic E-state index is 1.16. The fourth-order valence-corrected chi connectivity index (χ4v) is 2.80. The molecule has 0 aliphatic carbocycles. The van der Waals surface area contributed by atoms with Crippen LogP contribution in [-0.2, 0) is 0 Å². The molecular formula is C18H42N4. The highest BCUT2D eigenvalue weighted by atomic mass is 15.2. The molecule has 134 valence electrons. The Morgan fingerprint density at radius 1 is 0.318 bits per heavy atom. The lowest BCUT2D eigenvalue weighted by Crippen LogP contribution is -2.43. The maximum atomic E-state index is 2.66. The first-order chi connectivity index (χ1) is 10.6. The van der Waals surface area contributed by atoms with E-state index in [1.54, 1.807) is 0 Å². The van der Waals surface area contributed by atoms with Crippen LogP contribution in [0.4, 0.5) is 0 Å². The smallest absolute Gasteiger partial charge is 0.0110 e. The molecule has 0 unspecified atom stereocenters. The van der Waals surface area contributed by atoms with Crippen LogP contribution in [0.5, 0.6) is 0 Å². The van der Waals surface area contributed by atoms with Gasteiger partial charge in [0.25, 0.3) is 0 Å². The maximum absolute atomic E-state index is 2.66. The summed E-state index contributed by atoms with van der Waals surface area (Å²) in [5, 5.41) is 0. The summed E-state index contributed by atoms with van der Waals surface area (Å²) < 4.78 is 0. The van der Waals surface area contributed by atoms with Gasteiger partial charge in [-0.15, -0.1) is 0 Å². The average molecular weight is 315 g/mol. The van der Waals surface area contributed by atoms with Gasteiger partial charge in [-0.05, 0) is 39.3 Å². The van der Waals surface area contributed by atoms with Gasteiger partial charge >= 0.3 is 0 Å². The second kappa shape index (κ2) is 14.4. The van der Waals surface area contributed by atoms with Crippen LogP contribution in [0.2, 0.25) is 0 Å².